The Morgan fingerprint density at radius 2 is 0.614 bits per heavy atom. The standard InChI is InChI=1S/2C16H16O2.C4H10.2C2H6/c2*1-3-9-17-15-7-5-14-12-16(18-10-4-2)8-6-13(14)11-15;1-4(2)3;2*1-2/h2*3-8,11-12H,1-2,9-10H2;4H,1-3H3;2*1-2H3. The molecule has 0 bridgehead atoms. The predicted octanol–water partition coefficient (Wildman–Crippen LogP) is 11.7. The predicted molar refractivity (Wildman–Crippen MR) is 194 cm³/mol. The number of hydrogen-bond acceptors (Lipinski definition) is 4. The summed E-state index contributed by atoms with van der Waals surface area (Å²) in [6.45, 7) is 31.1. The molecule has 4 aromatic carbocycles. The van der Waals surface area contributed by atoms with Crippen LogP contribution in [0.4, 0.5) is 0 Å². The van der Waals surface area contributed by atoms with Crippen LogP contribution in [0.2, 0.25) is 0 Å². The largest absolute Gasteiger partial charge is 0.490 e. The van der Waals surface area contributed by atoms with Crippen molar-refractivity contribution in [2.75, 3.05) is 26.4 Å². The number of hydrogen-bond donors (Lipinski definition) is 0. The molecule has 0 aliphatic heterocycles. The first-order chi connectivity index (χ1) is 21.4. The van der Waals surface area contributed by atoms with E-state index in [0.29, 0.717) is 26.4 Å². The van der Waals surface area contributed by atoms with Crippen molar-refractivity contribution in [3.8, 4) is 23.0 Å². The Morgan fingerprint density at radius 3 is 0.773 bits per heavy atom. The number of rotatable bonds is 12. The Labute approximate surface area is 267 Å². The zero-order chi connectivity index (χ0) is 33.2. The summed E-state index contributed by atoms with van der Waals surface area (Å²) >= 11 is 0. The molecular formula is C40H54O4. The van der Waals surface area contributed by atoms with Crippen molar-refractivity contribution in [3.05, 3.63) is 123 Å². The van der Waals surface area contributed by atoms with Crippen LogP contribution in [0.3, 0.4) is 0 Å². The van der Waals surface area contributed by atoms with Gasteiger partial charge in [0.05, 0.1) is 0 Å². The van der Waals surface area contributed by atoms with Crippen molar-refractivity contribution >= 4 is 21.5 Å². The third kappa shape index (κ3) is 16.3. The first kappa shape index (κ1) is 39.6. The molecule has 4 aromatic rings. The van der Waals surface area contributed by atoms with E-state index >= 15 is 0 Å². The van der Waals surface area contributed by atoms with Gasteiger partial charge in [-0.15, -0.1) is 0 Å². The Kier molecular flexibility index (Phi) is 22.6. The number of fused-ring (bicyclic) bond motifs is 2. The van der Waals surface area contributed by atoms with Crippen LogP contribution < -0.4 is 18.9 Å². The van der Waals surface area contributed by atoms with Gasteiger partial charge in [0.25, 0.3) is 0 Å². The number of ether oxygens (including phenoxy) is 4. The second-order valence-electron chi connectivity index (χ2n) is 9.47. The maximum atomic E-state index is 5.50. The van der Waals surface area contributed by atoms with Gasteiger partial charge in [0.15, 0.2) is 0 Å². The summed E-state index contributed by atoms with van der Waals surface area (Å²) in [5.74, 6) is 4.23. The van der Waals surface area contributed by atoms with Gasteiger partial charge in [-0.25, -0.2) is 0 Å². The van der Waals surface area contributed by atoms with E-state index in [1.165, 1.54) is 0 Å². The fraction of sp³-hybridized carbons (Fsp3) is 0.300. The molecule has 0 atom stereocenters. The molecule has 0 saturated heterocycles. The molecule has 4 heteroatoms. The molecule has 0 spiro atoms. The van der Waals surface area contributed by atoms with Gasteiger partial charge in [-0.2, -0.15) is 0 Å². The fourth-order valence-corrected chi connectivity index (χ4v) is 3.38. The van der Waals surface area contributed by atoms with E-state index in [1.807, 2.05) is 100 Å². The lowest BCUT2D eigenvalue weighted by Gasteiger charge is -2.07. The van der Waals surface area contributed by atoms with Crippen LogP contribution in [0.1, 0.15) is 48.5 Å². The average molecular weight is 599 g/mol. The SMILES string of the molecule is C=CCOc1ccc2cc(OCC=C)ccc2c1.C=CCOc1ccc2cc(OCC=C)ccc2c1.CC.CC.CC(C)C. The Bertz CT molecular complexity index is 1160. The van der Waals surface area contributed by atoms with Crippen molar-refractivity contribution in [1.82, 2.24) is 0 Å². The highest BCUT2D eigenvalue weighted by Crippen LogP contribution is 2.26. The molecule has 0 radical (unpaired) electrons. The van der Waals surface area contributed by atoms with Gasteiger partial charge in [0.1, 0.15) is 49.4 Å². The maximum Gasteiger partial charge on any atom is 0.120 e. The minimum Gasteiger partial charge on any atom is -0.490 e. The van der Waals surface area contributed by atoms with Gasteiger partial charge >= 0.3 is 0 Å². The van der Waals surface area contributed by atoms with Crippen molar-refractivity contribution < 1.29 is 18.9 Å². The van der Waals surface area contributed by atoms with Crippen LogP contribution in [-0.4, -0.2) is 26.4 Å². The van der Waals surface area contributed by atoms with Gasteiger partial charge in [0.2, 0.25) is 0 Å². The van der Waals surface area contributed by atoms with Crippen LogP contribution >= 0.6 is 0 Å². The number of benzene rings is 4. The van der Waals surface area contributed by atoms with Crippen LogP contribution in [-0.2, 0) is 0 Å². The molecule has 0 unspecified atom stereocenters. The normalized spacial score (nSPS) is 9.27. The minimum absolute atomic E-state index is 0.520. The summed E-state index contributed by atoms with van der Waals surface area (Å²) in [5.41, 5.74) is 0. The molecule has 0 fully saturated rings. The first-order valence-corrected chi connectivity index (χ1v) is 15.4. The van der Waals surface area contributed by atoms with Crippen LogP contribution in [0.25, 0.3) is 21.5 Å². The third-order valence-electron chi connectivity index (χ3n) is 5.04. The lowest BCUT2D eigenvalue weighted by Crippen LogP contribution is -1.93. The molecule has 0 aliphatic rings. The summed E-state index contributed by atoms with van der Waals surface area (Å²) < 4.78 is 22.0. The van der Waals surface area contributed by atoms with Crippen LogP contribution in [0.15, 0.2) is 123 Å². The van der Waals surface area contributed by atoms with E-state index in [4.69, 9.17) is 18.9 Å². The van der Waals surface area contributed by atoms with Crippen molar-refractivity contribution in [1.29, 1.82) is 0 Å². The second kappa shape index (κ2) is 25.1. The third-order valence-corrected chi connectivity index (χ3v) is 5.04. The van der Waals surface area contributed by atoms with E-state index < -0.39 is 0 Å². The summed E-state index contributed by atoms with van der Waals surface area (Å²) in [6, 6.07) is 23.9. The molecule has 4 nitrogen and oxygen atoms in total. The molecule has 4 rings (SSSR count). The first-order valence-electron chi connectivity index (χ1n) is 15.4. The van der Waals surface area contributed by atoms with Crippen LogP contribution in [0, 0.1) is 5.92 Å². The maximum absolute atomic E-state index is 5.50. The molecular weight excluding hydrogens is 544 g/mol. The Morgan fingerprint density at radius 1 is 0.432 bits per heavy atom. The highest BCUT2D eigenvalue weighted by atomic mass is 16.5. The fourth-order valence-electron chi connectivity index (χ4n) is 3.38. The summed E-state index contributed by atoms with van der Waals surface area (Å²) in [6.07, 6.45) is 6.93. The Hall–Kier alpha value is -4.44. The van der Waals surface area contributed by atoms with Gasteiger partial charge < -0.3 is 18.9 Å². The van der Waals surface area contributed by atoms with Gasteiger partial charge in [-0.1, -0.05) is 123 Å². The molecule has 0 heterocycles. The lowest BCUT2D eigenvalue weighted by atomic mass is 10.1. The molecule has 44 heavy (non-hydrogen) atoms. The highest BCUT2D eigenvalue weighted by molar-refractivity contribution is 5.86. The molecule has 0 N–H and O–H groups in total. The lowest BCUT2D eigenvalue weighted by molar-refractivity contribution is 0.362. The van der Waals surface area contributed by atoms with E-state index in [2.05, 4.69) is 47.1 Å². The van der Waals surface area contributed by atoms with Gasteiger partial charge in [0, 0.05) is 0 Å². The van der Waals surface area contributed by atoms with E-state index in [0.717, 1.165) is 50.5 Å². The zero-order valence-electron chi connectivity index (χ0n) is 28.1. The molecule has 0 amide bonds. The minimum atomic E-state index is 0.520. The monoisotopic (exact) mass is 598 g/mol. The van der Waals surface area contributed by atoms with Crippen LogP contribution in [0.5, 0.6) is 23.0 Å². The van der Waals surface area contributed by atoms with Gasteiger partial charge in [-0.05, 0) is 76.0 Å². The topological polar surface area (TPSA) is 36.9 Å². The van der Waals surface area contributed by atoms with Crippen molar-refractivity contribution in [3.63, 3.8) is 0 Å². The van der Waals surface area contributed by atoms with Crippen molar-refractivity contribution in [2.24, 2.45) is 5.92 Å². The molecule has 238 valence electrons. The molecule has 0 saturated carbocycles. The average Bonchev–Trinajstić information content (AvgIpc) is 3.06. The van der Waals surface area contributed by atoms with E-state index in [1.54, 1.807) is 24.3 Å². The van der Waals surface area contributed by atoms with E-state index in [9.17, 15) is 0 Å². The molecule has 0 aliphatic carbocycles. The van der Waals surface area contributed by atoms with Crippen molar-refractivity contribution in [2.45, 2.75) is 48.5 Å². The van der Waals surface area contributed by atoms with E-state index in [-0.39, 0.29) is 0 Å². The zero-order valence-corrected chi connectivity index (χ0v) is 28.1. The smallest absolute Gasteiger partial charge is 0.120 e. The second-order valence-corrected chi connectivity index (χ2v) is 9.47. The van der Waals surface area contributed by atoms with Gasteiger partial charge in [-0.3, -0.25) is 0 Å². The Balaban J connectivity index is 0.000000681. The summed E-state index contributed by atoms with van der Waals surface area (Å²) in [7, 11) is 0. The molecule has 0 aromatic heterocycles. The quantitative estimate of drug-likeness (QED) is 0.152. The summed E-state index contributed by atoms with van der Waals surface area (Å²) in [5, 5.41) is 4.51. The highest BCUT2D eigenvalue weighted by Gasteiger charge is 2.01. The summed E-state index contributed by atoms with van der Waals surface area (Å²) in [4.78, 5) is 0.